The molecule has 0 aliphatic carbocycles. The molecule has 0 bridgehead atoms. The number of anilines is 2. The van der Waals surface area contributed by atoms with Crippen molar-refractivity contribution in [2.75, 3.05) is 9.62 Å². The fourth-order valence-electron chi connectivity index (χ4n) is 3.42. The van der Waals surface area contributed by atoms with Crippen LogP contribution < -0.4 is 9.62 Å². The third-order valence-electron chi connectivity index (χ3n) is 4.77. The summed E-state index contributed by atoms with van der Waals surface area (Å²) in [7, 11) is -1.46. The minimum absolute atomic E-state index is 0.145. The molecule has 3 aromatic carbocycles. The fourth-order valence-corrected chi connectivity index (χ4v) is 3.90. The second kappa shape index (κ2) is 7.04. The largest absolute Gasteiger partial charge is 0.416 e. The van der Waals surface area contributed by atoms with Crippen molar-refractivity contribution in [1.29, 1.82) is 0 Å². The number of carbonyl (C=O) groups is 1. The molecule has 0 aromatic heterocycles. The first-order valence-corrected chi connectivity index (χ1v) is 9.84. The normalized spacial score (nSPS) is 14.3. The maximum Gasteiger partial charge on any atom is 0.416 e. The molecule has 0 saturated heterocycles. The van der Waals surface area contributed by atoms with E-state index in [2.05, 4.69) is 11.3 Å². The predicted molar refractivity (Wildman–Crippen MR) is 108 cm³/mol. The van der Waals surface area contributed by atoms with Gasteiger partial charge in [-0.1, -0.05) is 30.8 Å². The van der Waals surface area contributed by atoms with E-state index in [4.69, 9.17) is 0 Å². The van der Waals surface area contributed by atoms with Crippen LogP contribution in [0.25, 0.3) is 10.8 Å². The first-order valence-electron chi connectivity index (χ1n) is 8.63. The highest BCUT2D eigenvalue weighted by atomic mass is 32.2. The molecule has 0 saturated carbocycles. The maximum atomic E-state index is 12.9. The Balaban J connectivity index is 1.71. The van der Waals surface area contributed by atoms with Gasteiger partial charge in [-0.3, -0.25) is 4.79 Å². The van der Waals surface area contributed by atoms with Gasteiger partial charge in [-0.2, -0.15) is 13.2 Å². The van der Waals surface area contributed by atoms with Gasteiger partial charge in [0.15, 0.2) is 0 Å². The van der Waals surface area contributed by atoms with Crippen LogP contribution >= 0.6 is 0 Å². The van der Waals surface area contributed by atoms with Gasteiger partial charge in [0, 0.05) is 21.7 Å². The molecule has 3 aromatic rings. The number of carbonyl (C=O) groups excluding carboxylic acids is 1. The van der Waals surface area contributed by atoms with E-state index in [1.165, 1.54) is 22.4 Å². The quantitative estimate of drug-likeness (QED) is 0.619. The number of alkyl halides is 3. The molecular weight excluding hydrogens is 401 g/mol. The van der Waals surface area contributed by atoms with Crippen LogP contribution in [0.5, 0.6) is 0 Å². The highest BCUT2D eigenvalue weighted by molar-refractivity contribution is 7.89. The van der Waals surface area contributed by atoms with Crippen molar-refractivity contribution in [1.82, 2.24) is 0 Å². The molecular formula is C21H15F3N2O2S. The first kappa shape index (κ1) is 19.2. The fraction of sp³-hybridized carbons (Fsp3) is 0.0952. The summed E-state index contributed by atoms with van der Waals surface area (Å²) in [6.07, 6.45) is -4.40. The van der Waals surface area contributed by atoms with Crippen LogP contribution in [0.1, 0.15) is 21.5 Å². The van der Waals surface area contributed by atoms with Crippen LogP contribution in [0, 0.1) is 0 Å². The smallest absolute Gasteiger partial charge is 0.303 e. The molecule has 1 heterocycles. The number of nitrogens with one attached hydrogen (secondary N) is 1. The minimum atomic E-state index is -4.40. The molecule has 0 spiro atoms. The lowest BCUT2D eigenvalue weighted by atomic mass is 10.0. The number of nitrogens with zero attached hydrogens (tertiary/aromatic N) is 1. The van der Waals surface area contributed by atoms with Crippen LogP contribution in [0.15, 0.2) is 66.6 Å². The van der Waals surface area contributed by atoms with Crippen molar-refractivity contribution in [3.05, 3.63) is 83.3 Å². The van der Waals surface area contributed by atoms with Crippen molar-refractivity contribution in [3.8, 4) is 0 Å². The van der Waals surface area contributed by atoms with E-state index in [0.29, 0.717) is 22.5 Å². The lowest BCUT2D eigenvalue weighted by Gasteiger charge is -2.19. The third-order valence-corrected chi connectivity index (χ3v) is 5.49. The summed E-state index contributed by atoms with van der Waals surface area (Å²) in [5, 5.41) is 2.72. The van der Waals surface area contributed by atoms with E-state index in [1.807, 2.05) is 6.07 Å². The van der Waals surface area contributed by atoms with Crippen LogP contribution in [-0.4, -0.2) is 10.1 Å². The number of hydrogen-bond acceptors (Lipinski definition) is 2. The molecule has 1 unspecified atom stereocenters. The van der Waals surface area contributed by atoms with E-state index in [0.717, 1.165) is 22.9 Å². The third kappa shape index (κ3) is 3.40. The van der Waals surface area contributed by atoms with Gasteiger partial charge in [0.25, 0.3) is 5.91 Å². The molecule has 1 aliphatic heterocycles. The Morgan fingerprint density at radius 3 is 2.45 bits per heavy atom. The highest BCUT2D eigenvalue weighted by Gasteiger charge is 2.32. The summed E-state index contributed by atoms with van der Waals surface area (Å²) in [6, 6.07) is 13.5. The number of halogens is 3. The summed E-state index contributed by atoms with van der Waals surface area (Å²) in [5.41, 5.74) is 1.62. The van der Waals surface area contributed by atoms with Gasteiger partial charge in [0.05, 0.1) is 23.5 Å². The van der Waals surface area contributed by atoms with Crippen LogP contribution in [0.2, 0.25) is 0 Å². The van der Waals surface area contributed by atoms with Gasteiger partial charge in [0.2, 0.25) is 0 Å². The molecule has 0 radical (unpaired) electrons. The summed E-state index contributed by atoms with van der Waals surface area (Å²) in [6.45, 7) is 3.63. The average molecular weight is 416 g/mol. The molecule has 1 amide bonds. The molecule has 1 aliphatic rings. The van der Waals surface area contributed by atoms with E-state index < -0.39 is 22.7 Å². The van der Waals surface area contributed by atoms with E-state index in [9.17, 15) is 22.2 Å². The zero-order valence-corrected chi connectivity index (χ0v) is 15.8. The molecule has 0 fully saturated rings. The lowest BCUT2D eigenvalue weighted by molar-refractivity contribution is -0.137. The van der Waals surface area contributed by atoms with Crippen molar-refractivity contribution in [2.45, 2.75) is 12.7 Å². The Morgan fingerprint density at radius 1 is 1.07 bits per heavy atom. The Labute approximate surface area is 167 Å². The molecule has 1 N–H and O–H groups in total. The van der Waals surface area contributed by atoms with Crippen molar-refractivity contribution in [2.24, 2.45) is 0 Å². The SMILES string of the molecule is C=CS(=O)Nc1ccc2c3c(cccc13)C(=O)N2Cc1ccc(C(F)(F)F)cc1. The van der Waals surface area contributed by atoms with Crippen LogP contribution in [0.3, 0.4) is 0 Å². The van der Waals surface area contributed by atoms with Gasteiger partial charge in [-0.05, 0) is 35.9 Å². The summed E-state index contributed by atoms with van der Waals surface area (Å²) in [5.74, 6) is -0.229. The number of benzene rings is 3. The molecule has 4 nitrogen and oxygen atoms in total. The Bertz CT molecular complexity index is 1160. The lowest BCUT2D eigenvalue weighted by Crippen LogP contribution is -2.26. The van der Waals surface area contributed by atoms with Crippen molar-refractivity contribution < 1.29 is 22.2 Å². The Morgan fingerprint density at radius 2 is 1.79 bits per heavy atom. The molecule has 1 atom stereocenters. The number of hydrogen-bond donors (Lipinski definition) is 1. The van der Waals surface area contributed by atoms with Crippen molar-refractivity contribution in [3.63, 3.8) is 0 Å². The van der Waals surface area contributed by atoms with E-state index >= 15 is 0 Å². The molecule has 8 heteroatoms. The second-order valence-corrected chi connectivity index (χ2v) is 7.64. The van der Waals surface area contributed by atoms with E-state index in [-0.39, 0.29) is 12.5 Å². The Kier molecular flexibility index (Phi) is 4.66. The Hall–Kier alpha value is -3.13. The standard InChI is InChI=1S/C21H15F3N2O2S/c1-2-29(28)25-17-10-11-18-19-15(17)4-3-5-16(19)20(27)26(18)12-13-6-8-14(9-7-13)21(22,23)24/h2-11,25H,1,12H2. The van der Waals surface area contributed by atoms with Crippen molar-refractivity contribution >= 4 is 39.0 Å². The number of amides is 1. The molecule has 148 valence electrons. The average Bonchev–Trinajstić information content (AvgIpc) is 2.97. The van der Waals surface area contributed by atoms with Crippen LogP contribution in [-0.2, 0) is 23.7 Å². The minimum Gasteiger partial charge on any atom is -0.303 e. The van der Waals surface area contributed by atoms with Gasteiger partial charge < -0.3 is 9.62 Å². The van der Waals surface area contributed by atoms with Gasteiger partial charge >= 0.3 is 6.18 Å². The maximum absolute atomic E-state index is 12.9. The number of rotatable bonds is 5. The summed E-state index contributed by atoms with van der Waals surface area (Å²) < 4.78 is 53.0. The topological polar surface area (TPSA) is 49.4 Å². The summed E-state index contributed by atoms with van der Waals surface area (Å²) in [4.78, 5) is 14.5. The molecule has 4 rings (SSSR count). The highest BCUT2D eigenvalue weighted by Crippen LogP contribution is 2.41. The molecule has 29 heavy (non-hydrogen) atoms. The second-order valence-electron chi connectivity index (χ2n) is 6.51. The van der Waals surface area contributed by atoms with Gasteiger partial charge in [-0.25, -0.2) is 4.21 Å². The van der Waals surface area contributed by atoms with Gasteiger partial charge in [-0.15, -0.1) is 0 Å². The monoisotopic (exact) mass is 416 g/mol. The zero-order valence-electron chi connectivity index (χ0n) is 15.0. The van der Waals surface area contributed by atoms with Gasteiger partial charge in [0.1, 0.15) is 11.0 Å². The zero-order chi connectivity index (χ0) is 20.8. The summed E-state index contributed by atoms with van der Waals surface area (Å²) >= 11 is 0. The first-order chi connectivity index (χ1) is 13.8. The van der Waals surface area contributed by atoms with Crippen LogP contribution in [0.4, 0.5) is 24.5 Å². The van der Waals surface area contributed by atoms with E-state index in [1.54, 1.807) is 24.3 Å². The predicted octanol–water partition coefficient (Wildman–Crippen LogP) is 5.24.